The zero-order chi connectivity index (χ0) is 19.1. The number of nitrogens with one attached hydrogen (secondary N) is 2. The summed E-state index contributed by atoms with van der Waals surface area (Å²) in [6.45, 7) is 7.14. The van der Waals surface area contributed by atoms with E-state index in [0.29, 0.717) is 19.0 Å². The molecule has 3 rings (SSSR count). The second-order valence-corrected chi connectivity index (χ2v) is 6.87. The molecule has 0 saturated carbocycles. The van der Waals surface area contributed by atoms with Crippen LogP contribution in [-0.4, -0.2) is 36.4 Å². The molecule has 1 aliphatic heterocycles. The van der Waals surface area contributed by atoms with Crippen LogP contribution in [0.3, 0.4) is 0 Å². The SMILES string of the molecule is CCNC(=NCc1ccc(C)cc1)NCC(=O)N1CCc2ccccc2C1. The van der Waals surface area contributed by atoms with Crippen molar-refractivity contribution in [3.05, 3.63) is 70.8 Å². The molecule has 0 bridgehead atoms. The molecule has 1 heterocycles. The maximum atomic E-state index is 12.6. The average molecular weight is 364 g/mol. The molecule has 0 atom stereocenters. The second-order valence-electron chi connectivity index (χ2n) is 6.87. The van der Waals surface area contributed by atoms with Crippen LogP contribution >= 0.6 is 0 Å². The molecule has 0 unspecified atom stereocenters. The maximum absolute atomic E-state index is 12.6. The fraction of sp³-hybridized carbons (Fsp3) is 0.364. The van der Waals surface area contributed by atoms with Gasteiger partial charge in [0.15, 0.2) is 5.96 Å². The van der Waals surface area contributed by atoms with Crippen molar-refractivity contribution in [2.75, 3.05) is 19.6 Å². The fourth-order valence-electron chi connectivity index (χ4n) is 3.19. The Hall–Kier alpha value is -2.82. The molecule has 0 spiro atoms. The van der Waals surface area contributed by atoms with E-state index in [1.165, 1.54) is 16.7 Å². The normalized spacial score (nSPS) is 13.9. The largest absolute Gasteiger partial charge is 0.357 e. The Morgan fingerprint density at radius 3 is 2.56 bits per heavy atom. The summed E-state index contributed by atoms with van der Waals surface area (Å²) < 4.78 is 0. The Labute approximate surface area is 161 Å². The number of aliphatic imine (C=N–C) groups is 1. The van der Waals surface area contributed by atoms with E-state index >= 15 is 0 Å². The van der Waals surface area contributed by atoms with Crippen LogP contribution < -0.4 is 10.6 Å². The van der Waals surface area contributed by atoms with Gasteiger partial charge in [0.2, 0.25) is 5.91 Å². The van der Waals surface area contributed by atoms with Gasteiger partial charge in [-0.15, -0.1) is 0 Å². The highest BCUT2D eigenvalue weighted by atomic mass is 16.2. The third kappa shape index (κ3) is 5.33. The number of fused-ring (bicyclic) bond motifs is 1. The van der Waals surface area contributed by atoms with Crippen LogP contribution in [0.5, 0.6) is 0 Å². The number of nitrogens with zero attached hydrogens (tertiary/aromatic N) is 2. The van der Waals surface area contributed by atoms with Crippen molar-refractivity contribution in [3.8, 4) is 0 Å². The monoisotopic (exact) mass is 364 g/mol. The lowest BCUT2D eigenvalue weighted by molar-refractivity contribution is -0.130. The summed E-state index contributed by atoms with van der Waals surface area (Å²) in [5, 5.41) is 6.38. The molecule has 2 aromatic carbocycles. The van der Waals surface area contributed by atoms with Crippen LogP contribution in [-0.2, 0) is 24.3 Å². The number of carbonyl (C=O) groups excluding carboxylic acids is 1. The van der Waals surface area contributed by atoms with Crippen molar-refractivity contribution >= 4 is 11.9 Å². The van der Waals surface area contributed by atoms with Crippen LogP contribution in [0.2, 0.25) is 0 Å². The van der Waals surface area contributed by atoms with Gasteiger partial charge in [-0.05, 0) is 37.0 Å². The molecule has 2 N–H and O–H groups in total. The molecule has 0 aliphatic carbocycles. The molecule has 142 valence electrons. The lowest BCUT2D eigenvalue weighted by Crippen LogP contribution is -2.45. The standard InChI is InChI=1S/C22H28N4O/c1-3-23-22(24-14-18-10-8-17(2)9-11-18)25-15-21(27)26-13-12-19-6-4-5-7-20(19)16-26/h4-11H,3,12-16H2,1-2H3,(H2,23,24,25). The number of carbonyl (C=O) groups is 1. The molecule has 5 heteroatoms. The molecule has 0 saturated heterocycles. The first kappa shape index (κ1) is 19.0. The number of guanidine groups is 1. The number of hydrogen-bond donors (Lipinski definition) is 2. The van der Waals surface area contributed by atoms with Crippen molar-refractivity contribution in [2.45, 2.75) is 33.4 Å². The van der Waals surface area contributed by atoms with Gasteiger partial charge in [0, 0.05) is 19.6 Å². The highest BCUT2D eigenvalue weighted by Crippen LogP contribution is 2.18. The number of hydrogen-bond acceptors (Lipinski definition) is 2. The van der Waals surface area contributed by atoms with Gasteiger partial charge in [-0.3, -0.25) is 4.79 Å². The summed E-state index contributed by atoms with van der Waals surface area (Å²) in [5.41, 5.74) is 4.98. The van der Waals surface area contributed by atoms with Crippen molar-refractivity contribution < 1.29 is 4.79 Å². The van der Waals surface area contributed by atoms with E-state index in [1.807, 2.05) is 17.9 Å². The first-order chi connectivity index (χ1) is 13.2. The summed E-state index contributed by atoms with van der Waals surface area (Å²) in [5.74, 6) is 0.772. The Bertz CT molecular complexity index is 798. The van der Waals surface area contributed by atoms with Crippen LogP contribution in [0.1, 0.15) is 29.2 Å². The molecule has 0 radical (unpaired) electrons. The molecule has 5 nitrogen and oxygen atoms in total. The van der Waals surface area contributed by atoms with Crippen molar-refractivity contribution in [2.24, 2.45) is 4.99 Å². The fourth-order valence-corrected chi connectivity index (χ4v) is 3.19. The van der Waals surface area contributed by atoms with Crippen LogP contribution in [0.15, 0.2) is 53.5 Å². The summed E-state index contributed by atoms with van der Waals surface area (Å²) >= 11 is 0. The van der Waals surface area contributed by atoms with E-state index in [2.05, 4.69) is 65.0 Å². The molecule has 2 aromatic rings. The number of amides is 1. The van der Waals surface area contributed by atoms with Gasteiger partial charge in [0.05, 0.1) is 13.1 Å². The molecule has 0 aromatic heterocycles. The molecular weight excluding hydrogens is 336 g/mol. The van der Waals surface area contributed by atoms with Crippen LogP contribution in [0.25, 0.3) is 0 Å². The van der Waals surface area contributed by atoms with Gasteiger partial charge >= 0.3 is 0 Å². The third-order valence-corrected chi connectivity index (χ3v) is 4.77. The highest BCUT2D eigenvalue weighted by Gasteiger charge is 2.20. The van der Waals surface area contributed by atoms with E-state index < -0.39 is 0 Å². The van der Waals surface area contributed by atoms with Crippen LogP contribution in [0, 0.1) is 6.92 Å². The van der Waals surface area contributed by atoms with Gasteiger partial charge in [-0.1, -0.05) is 54.1 Å². The third-order valence-electron chi connectivity index (χ3n) is 4.77. The predicted molar refractivity (Wildman–Crippen MR) is 110 cm³/mol. The number of rotatable bonds is 5. The van der Waals surface area contributed by atoms with Crippen molar-refractivity contribution in [1.82, 2.24) is 15.5 Å². The average Bonchev–Trinajstić information content (AvgIpc) is 2.70. The van der Waals surface area contributed by atoms with Gasteiger partial charge in [-0.2, -0.15) is 0 Å². The van der Waals surface area contributed by atoms with Gasteiger partial charge < -0.3 is 15.5 Å². The Kier molecular flexibility index (Phi) is 6.47. The second kappa shape index (κ2) is 9.21. The minimum atomic E-state index is 0.102. The highest BCUT2D eigenvalue weighted by molar-refractivity contribution is 5.86. The minimum absolute atomic E-state index is 0.102. The van der Waals surface area contributed by atoms with E-state index in [-0.39, 0.29) is 12.5 Å². The summed E-state index contributed by atoms with van der Waals surface area (Å²) in [6, 6.07) is 16.7. The summed E-state index contributed by atoms with van der Waals surface area (Å²) in [7, 11) is 0. The van der Waals surface area contributed by atoms with Crippen molar-refractivity contribution in [3.63, 3.8) is 0 Å². The zero-order valence-corrected chi connectivity index (χ0v) is 16.2. The topological polar surface area (TPSA) is 56.7 Å². The van der Waals surface area contributed by atoms with Crippen LogP contribution in [0.4, 0.5) is 0 Å². The van der Waals surface area contributed by atoms with E-state index in [4.69, 9.17) is 0 Å². The quantitative estimate of drug-likeness (QED) is 0.633. The summed E-state index contributed by atoms with van der Waals surface area (Å²) in [6.07, 6.45) is 0.920. The first-order valence-electron chi connectivity index (χ1n) is 9.58. The lowest BCUT2D eigenvalue weighted by Gasteiger charge is -2.29. The van der Waals surface area contributed by atoms with E-state index in [1.54, 1.807) is 0 Å². The van der Waals surface area contributed by atoms with E-state index in [9.17, 15) is 4.79 Å². The summed E-state index contributed by atoms with van der Waals surface area (Å²) in [4.78, 5) is 19.1. The Balaban J connectivity index is 1.55. The Morgan fingerprint density at radius 2 is 1.81 bits per heavy atom. The molecule has 27 heavy (non-hydrogen) atoms. The van der Waals surface area contributed by atoms with Gasteiger partial charge in [-0.25, -0.2) is 4.99 Å². The smallest absolute Gasteiger partial charge is 0.242 e. The molecule has 1 aliphatic rings. The predicted octanol–water partition coefficient (Wildman–Crippen LogP) is 2.64. The first-order valence-corrected chi connectivity index (χ1v) is 9.58. The molecule has 1 amide bonds. The molecular formula is C22H28N4O. The maximum Gasteiger partial charge on any atom is 0.242 e. The zero-order valence-electron chi connectivity index (χ0n) is 16.2. The van der Waals surface area contributed by atoms with Gasteiger partial charge in [0.1, 0.15) is 0 Å². The minimum Gasteiger partial charge on any atom is -0.357 e. The van der Waals surface area contributed by atoms with E-state index in [0.717, 1.165) is 25.1 Å². The van der Waals surface area contributed by atoms with Crippen molar-refractivity contribution in [1.29, 1.82) is 0 Å². The van der Waals surface area contributed by atoms with Gasteiger partial charge in [0.25, 0.3) is 0 Å². The lowest BCUT2D eigenvalue weighted by atomic mass is 10.00. The number of benzene rings is 2. The molecule has 0 fully saturated rings. The number of aryl methyl sites for hydroxylation is 1. The Morgan fingerprint density at radius 1 is 1.07 bits per heavy atom.